The molecular formula is C17H25N3. The van der Waals surface area contributed by atoms with Gasteiger partial charge in [-0.3, -0.25) is 4.98 Å². The van der Waals surface area contributed by atoms with Crippen molar-refractivity contribution in [2.75, 3.05) is 26.2 Å². The zero-order valence-electron chi connectivity index (χ0n) is 12.6. The number of fused-ring (bicyclic) bond motifs is 1. The lowest BCUT2D eigenvalue weighted by molar-refractivity contribution is 0.298. The van der Waals surface area contributed by atoms with Crippen LogP contribution in [0.1, 0.15) is 25.8 Å². The molecule has 1 heterocycles. The van der Waals surface area contributed by atoms with Gasteiger partial charge in [0.2, 0.25) is 0 Å². The van der Waals surface area contributed by atoms with Crippen LogP contribution >= 0.6 is 0 Å². The molecule has 0 aliphatic heterocycles. The van der Waals surface area contributed by atoms with Crippen LogP contribution in [0, 0.1) is 0 Å². The van der Waals surface area contributed by atoms with Gasteiger partial charge in [0.1, 0.15) is 0 Å². The van der Waals surface area contributed by atoms with Gasteiger partial charge in [-0.1, -0.05) is 32.0 Å². The van der Waals surface area contributed by atoms with Crippen LogP contribution in [0.3, 0.4) is 0 Å². The predicted octanol–water partition coefficient (Wildman–Crippen LogP) is 3.06. The van der Waals surface area contributed by atoms with E-state index < -0.39 is 0 Å². The molecule has 0 bridgehead atoms. The average Bonchev–Trinajstić information content (AvgIpc) is 2.51. The van der Waals surface area contributed by atoms with Crippen molar-refractivity contribution in [1.82, 2.24) is 15.2 Å². The molecule has 0 unspecified atom stereocenters. The van der Waals surface area contributed by atoms with E-state index in [9.17, 15) is 0 Å². The fraction of sp³-hybridized carbons (Fsp3) is 0.471. The maximum atomic E-state index is 4.40. The molecule has 0 aliphatic carbocycles. The van der Waals surface area contributed by atoms with E-state index in [1.165, 1.54) is 23.9 Å². The smallest absolute Gasteiger partial charge is 0.0705 e. The maximum absolute atomic E-state index is 4.40. The van der Waals surface area contributed by atoms with Crippen molar-refractivity contribution in [2.24, 2.45) is 0 Å². The summed E-state index contributed by atoms with van der Waals surface area (Å²) in [5.74, 6) is 0. The molecule has 1 aromatic carbocycles. The van der Waals surface area contributed by atoms with Gasteiger partial charge in [0.25, 0.3) is 0 Å². The summed E-state index contributed by atoms with van der Waals surface area (Å²) < 4.78 is 0. The molecule has 1 aromatic heterocycles. The molecule has 0 saturated carbocycles. The van der Waals surface area contributed by atoms with Crippen molar-refractivity contribution in [3.05, 3.63) is 42.1 Å². The fourth-order valence-electron chi connectivity index (χ4n) is 2.51. The zero-order valence-corrected chi connectivity index (χ0v) is 12.6. The molecule has 0 spiro atoms. The molecule has 1 N–H and O–H groups in total. The van der Waals surface area contributed by atoms with Crippen molar-refractivity contribution < 1.29 is 0 Å². The van der Waals surface area contributed by atoms with E-state index in [0.29, 0.717) is 0 Å². The average molecular weight is 271 g/mol. The number of benzene rings is 1. The van der Waals surface area contributed by atoms with E-state index in [1.807, 2.05) is 12.3 Å². The molecule has 0 amide bonds. The first-order chi connectivity index (χ1) is 9.85. The largest absolute Gasteiger partial charge is 0.313 e. The summed E-state index contributed by atoms with van der Waals surface area (Å²) in [6.07, 6.45) is 3.05. The van der Waals surface area contributed by atoms with Crippen molar-refractivity contribution in [3.8, 4) is 0 Å². The minimum atomic E-state index is 0.918. The lowest BCUT2D eigenvalue weighted by Crippen LogP contribution is -2.27. The highest BCUT2D eigenvalue weighted by molar-refractivity contribution is 5.81. The van der Waals surface area contributed by atoms with E-state index in [1.54, 1.807) is 0 Å². The Labute approximate surface area is 122 Å². The molecule has 0 aliphatic rings. The second kappa shape index (κ2) is 7.98. The summed E-state index contributed by atoms with van der Waals surface area (Å²) >= 11 is 0. The number of pyridine rings is 1. The van der Waals surface area contributed by atoms with Crippen LogP contribution in [0.2, 0.25) is 0 Å². The molecule has 0 fully saturated rings. The Kier molecular flexibility index (Phi) is 5.96. The van der Waals surface area contributed by atoms with Gasteiger partial charge in [-0.15, -0.1) is 0 Å². The first kappa shape index (κ1) is 14.9. The SMILES string of the molecule is CCN(CC)CCCNCc1cccc2ncccc12. The van der Waals surface area contributed by atoms with E-state index in [0.717, 1.165) is 31.7 Å². The highest BCUT2D eigenvalue weighted by Crippen LogP contribution is 2.15. The Bertz CT molecular complexity index is 515. The third-order valence-corrected chi connectivity index (χ3v) is 3.77. The Morgan fingerprint density at radius 1 is 1.10 bits per heavy atom. The van der Waals surface area contributed by atoms with Crippen molar-refractivity contribution in [1.29, 1.82) is 0 Å². The highest BCUT2D eigenvalue weighted by atomic mass is 15.1. The number of hydrogen-bond acceptors (Lipinski definition) is 3. The summed E-state index contributed by atoms with van der Waals surface area (Å²) in [6.45, 7) is 9.89. The van der Waals surface area contributed by atoms with Crippen LogP contribution in [-0.2, 0) is 6.54 Å². The molecule has 108 valence electrons. The topological polar surface area (TPSA) is 28.2 Å². The van der Waals surface area contributed by atoms with Crippen LogP contribution in [0.15, 0.2) is 36.5 Å². The normalized spacial score (nSPS) is 11.3. The molecule has 3 heteroatoms. The molecule has 3 nitrogen and oxygen atoms in total. The zero-order chi connectivity index (χ0) is 14.2. The third kappa shape index (κ3) is 4.02. The third-order valence-electron chi connectivity index (χ3n) is 3.77. The lowest BCUT2D eigenvalue weighted by Gasteiger charge is -2.17. The van der Waals surface area contributed by atoms with E-state index >= 15 is 0 Å². The predicted molar refractivity (Wildman–Crippen MR) is 85.9 cm³/mol. The summed E-state index contributed by atoms with van der Waals surface area (Å²) in [4.78, 5) is 6.86. The van der Waals surface area contributed by atoms with Crippen molar-refractivity contribution in [2.45, 2.75) is 26.8 Å². The molecule has 2 rings (SSSR count). The number of nitrogens with one attached hydrogen (secondary N) is 1. The van der Waals surface area contributed by atoms with E-state index in [2.05, 4.69) is 53.3 Å². The summed E-state index contributed by atoms with van der Waals surface area (Å²) in [6, 6.07) is 10.5. The van der Waals surface area contributed by atoms with E-state index in [4.69, 9.17) is 0 Å². The number of aromatic nitrogens is 1. The first-order valence-electron chi connectivity index (χ1n) is 7.60. The van der Waals surface area contributed by atoms with Gasteiger partial charge >= 0.3 is 0 Å². The van der Waals surface area contributed by atoms with Crippen LogP contribution < -0.4 is 5.32 Å². The lowest BCUT2D eigenvalue weighted by atomic mass is 10.1. The first-order valence-corrected chi connectivity index (χ1v) is 7.60. The Balaban J connectivity index is 1.81. The molecule has 0 atom stereocenters. The van der Waals surface area contributed by atoms with Gasteiger partial charge in [-0.25, -0.2) is 0 Å². The number of rotatable bonds is 8. The van der Waals surface area contributed by atoms with Gasteiger partial charge in [-0.05, 0) is 50.3 Å². The molecular weight excluding hydrogens is 246 g/mol. The summed E-state index contributed by atoms with van der Waals surface area (Å²) in [5, 5.41) is 4.80. The maximum Gasteiger partial charge on any atom is 0.0705 e. The van der Waals surface area contributed by atoms with Crippen LogP contribution in [0.25, 0.3) is 10.9 Å². The Morgan fingerprint density at radius 2 is 1.95 bits per heavy atom. The van der Waals surface area contributed by atoms with Crippen LogP contribution in [-0.4, -0.2) is 36.1 Å². The minimum absolute atomic E-state index is 0.918. The molecule has 0 radical (unpaired) electrons. The quantitative estimate of drug-likeness (QED) is 0.748. The second-order valence-electron chi connectivity index (χ2n) is 5.04. The Morgan fingerprint density at radius 3 is 2.75 bits per heavy atom. The van der Waals surface area contributed by atoms with Gasteiger partial charge in [0.05, 0.1) is 5.52 Å². The molecule has 2 aromatic rings. The monoisotopic (exact) mass is 271 g/mol. The van der Waals surface area contributed by atoms with Gasteiger partial charge in [0.15, 0.2) is 0 Å². The number of hydrogen-bond donors (Lipinski definition) is 1. The van der Waals surface area contributed by atoms with Crippen LogP contribution in [0.5, 0.6) is 0 Å². The van der Waals surface area contributed by atoms with Crippen molar-refractivity contribution >= 4 is 10.9 Å². The summed E-state index contributed by atoms with van der Waals surface area (Å²) in [7, 11) is 0. The minimum Gasteiger partial charge on any atom is -0.313 e. The Hall–Kier alpha value is -1.45. The van der Waals surface area contributed by atoms with Gasteiger partial charge in [-0.2, -0.15) is 0 Å². The molecule has 20 heavy (non-hydrogen) atoms. The highest BCUT2D eigenvalue weighted by Gasteiger charge is 2.01. The molecule has 0 saturated heterocycles. The second-order valence-corrected chi connectivity index (χ2v) is 5.04. The van der Waals surface area contributed by atoms with Gasteiger partial charge in [0, 0.05) is 18.1 Å². The fourth-order valence-corrected chi connectivity index (χ4v) is 2.51. The van der Waals surface area contributed by atoms with E-state index in [-0.39, 0.29) is 0 Å². The van der Waals surface area contributed by atoms with Crippen LogP contribution in [0.4, 0.5) is 0 Å². The van der Waals surface area contributed by atoms with Crippen molar-refractivity contribution in [3.63, 3.8) is 0 Å². The van der Waals surface area contributed by atoms with Gasteiger partial charge < -0.3 is 10.2 Å². The summed E-state index contributed by atoms with van der Waals surface area (Å²) in [5.41, 5.74) is 2.41. The number of nitrogens with zero attached hydrogens (tertiary/aromatic N) is 2. The standard InChI is InChI=1S/C17H25N3/c1-3-20(4-2)13-7-11-18-14-15-8-5-10-17-16(15)9-6-12-19-17/h5-6,8-10,12,18H,3-4,7,11,13-14H2,1-2H3.